The Balaban J connectivity index is 0.000000171. The van der Waals surface area contributed by atoms with Gasteiger partial charge in [0.15, 0.2) is 0 Å². The van der Waals surface area contributed by atoms with Crippen molar-refractivity contribution in [1.29, 1.82) is 0 Å². The molecule has 2 aromatic carbocycles. The number of aryl methyl sites for hydroxylation is 2. The van der Waals surface area contributed by atoms with Gasteiger partial charge in [-0.05, 0) is 71.2 Å². The maximum absolute atomic E-state index is 12.8. The molecular weight excluding hydrogens is 993 g/mol. The molecule has 374 valence electrons. The molecule has 2 aliphatic rings. The van der Waals surface area contributed by atoms with Crippen LogP contribution in [0, 0.1) is 0 Å². The summed E-state index contributed by atoms with van der Waals surface area (Å²) in [6.45, 7) is 2.39. The van der Waals surface area contributed by atoms with E-state index < -0.39 is 11.9 Å². The van der Waals surface area contributed by atoms with Gasteiger partial charge in [-0.2, -0.15) is 10.2 Å². The molecule has 0 aliphatic carbocycles. The fourth-order valence-corrected chi connectivity index (χ4v) is 7.46. The van der Waals surface area contributed by atoms with Crippen molar-refractivity contribution in [3.05, 3.63) is 143 Å². The van der Waals surface area contributed by atoms with Crippen LogP contribution in [-0.4, -0.2) is 123 Å². The van der Waals surface area contributed by atoms with Crippen LogP contribution in [0.5, 0.6) is 0 Å². The van der Waals surface area contributed by atoms with Crippen LogP contribution in [0.3, 0.4) is 0 Å². The van der Waals surface area contributed by atoms with E-state index in [4.69, 9.17) is 33.1 Å². The Bertz CT molecular complexity index is 3010. The molecule has 7 aromatic rings. The van der Waals surface area contributed by atoms with Gasteiger partial charge >= 0.3 is 24.0 Å². The highest BCUT2D eigenvalue weighted by molar-refractivity contribution is 9.10. The molecule has 23 nitrogen and oxygen atoms in total. The molecule has 0 spiro atoms. The van der Waals surface area contributed by atoms with E-state index in [0.717, 1.165) is 41.0 Å². The Hall–Kier alpha value is -8.90. The van der Waals surface area contributed by atoms with Crippen molar-refractivity contribution in [3.8, 4) is 22.3 Å². The van der Waals surface area contributed by atoms with Crippen molar-refractivity contribution < 1.29 is 34.2 Å². The third-order valence-electron chi connectivity index (χ3n) is 10.9. The van der Waals surface area contributed by atoms with E-state index in [-0.39, 0.29) is 58.6 Å². The number of carboxylic acid groups (broad SMARTS) is 2. The van der Waals surface area contributed by atoms with Crippen LogP contribution in [0.15, 0.2) is 127 Å². The number of amides is 5. The number of aromatic carboxylic acids is 2. The number of para-hydroxylation sites is 2. The molecule has 2 aliphatic heterocycles. The zero-order chi connectivity index (χ0) is 51.9. The molecule has 7 heterocycles. The molecule has 0 bridgehead atoms. The van der Waals surface area contributed by atoms with Crippen molar-refractivity contribution in [2.24, 2.45) is 19.8 Å². The Labute approximate surface area is 421 Å². The van der Waals surface area contributed by atoms with E-state index in [1.54, 1.807) is 57.1 Å². The normalized spacial score (nSPS) is 14.6. The molecule has 0 saturated carbocycles. The lowest BCUT2D eigenvalue weighted by Gasteiger charge is -2.18. The number of hydrogen-bond donors (Lipinski definition) is 9. The lowest BCUT2D eigenvalue weighted by atomic mass is 10.1. The van der Waals surface area contributed by atoms with Gasteiger partial charge in [-0.1, -0.05) is 36.4 Å². The van der Waals surface area contributed by atoms with Crippen molar-refractivity contribution >= 4 is 74.7 Å². The maximum atomic E-state index is 12.8. The first-order valence-electron chi connectivity index (χ1n) is 22.1. The summed E-state index contributed by atoms with van der Waals surface area (Å²) in [7, 11) is 3.61. The topological polar surface area (TPSA) is 347 Å². The number of nitrogens with one attached hydrogen (secondary N) is 3. The number of likely N-dealkylation sites (tertiary alicyclic amines) is 2. The van der Waals surface area contributed by atoms with E-state index >= 15 is 0 Å². The Morgan fingerprint density at radius 1 is 0.597 bits per heavy atom. The predicted molar refractivity (Wildman–Crippen MR) is 275 cm³/mol. The van der Waals surface area contributed by atoms with E-state index in [1.165, 1.54) is 24.5 Å². The minimum Gasteiger partial charge on any atom is -0.478 e. The highest BCUT2D eigenvalue weighted by Gasteiger charge is 2.29. The standard InChI is InChI=1S/C21H23N7O2.C11H15N3O.C10H10N4O2.C6H5BrN2O2/c1-27-12-15(11-24-27)14-9-18(19(22)23-10-14)20(29)25-17-7-8-28(13-17)21(30)26-16-5-3-2-4-6-16;12-9-6-7-14(8-9)11(15)13-10-4-2-1-3-5-10;1-14-5-7(4-13-14)6-2-8(10(15)16)9(11)12-3-6;7-3-1-4(6(10)11)5(8)9-2-3/h2-6,9-12,17H,7-8,13H2,1H3,(H2,22,23)(H,25,29)(H,26,30);1-5,9H,6-8,12H2,(H,13,15);2-5H,1H3,(H2,11,12)(H,15,16);1-2H,(H2,8,9)(H,10,11)/t17-;9-;;/m11../s1. The van der Waals surface area contributed by atoms with Crippen molar-refractivity contribution in [3.63, 3.8) is 0 Å². The van der Waals surface area contributed by atoms with E-state index in [1.807, 2.05) is 73.9 Å². The van der Waals surface area contributed by atoms with Crippen LogP contribution in [0.2, 0.25) is 0 Å². The fourth-order valence-electron chi connectivity index (χ4n) is 7.13. The number of aromatic nitrogens is 7. The third kappa shape index (κ3) is 14.8. The molecule has 5 aromatic heterocycles. The number of rotatable bonds is 8. The maximum Gasteiger partial charge on any atom is 0.339 e. The first kappa shape index (κ1) is 52.5. The molecule has 2 saturated heterocycles. The lowest BCUT2D eigenvalue weighted by Crippen LogP contribution is -2.40. The number of urea groups is 2. The second kappa shape index (κ2) is 24.6. The van der Waals surface area contributed by atoms with Gasteiger partial charge in [0, 0.05) is 121 Å². The summed E-state index contributed by atoms with van der Waals surface area (Å²) >= 11 is 3.08. The number of carbonyl (C=O) groups excluding carboxylic acids is 3. The highest BCUT2D eigenvalue weighted by atomic mass is 79.9. The van der Waals surface area contributed by atoms with Crippen LogP contribution in [-0.2, 0) is 14.1 Å². The molecule has 2 atom stereocenters. The number of hydrogen-bond acceptors (Lipinski definition) is 14. The van der Waals surface area contributed by atoms with Gasteiger partial charge in [0.05, 0.1) is 18.0 Å². The molecule has 0 unspecified atom stereocenters. The number of nitrogens with zero attached hydrogens (tertiary/aromatic N) is 9. The molecule has 9 rings (SSSR count). The molecule has 72 heavy (non-hydrogen) atoms. The minimum atomic E-state index is -1.09. The number of carbonyl (C=O) groups is 5. The summed E-state index contributed by atoms with van der Waals surface area (Å²) in [5.74, 6) is -2.26. The van der Waals surface area contributed by atoms with Gasteiger partial charge in [0.2, 0.25) is 0 Å². The van der Waals surface area contributed by atoms with Gasteiger partial charge in [-0.3, -0.25) is 14.2 Å². The zero-order valence-electron chi connectivity index (χ0n) is 39.1. The quantitative estimate of drug-likeness (QED) is 0.0940. The smallest absolute Gasteiger partial charge is 0.339 e. The minimum absolute atomic E-state index is 0.00125. The molecule has 13 N–H and O–H groups in total. The van der Waals surface area contributed by atoms with Gasteiger partial charge in [0.1, 0.15) is 28.6 Å². The van der Waals surface area contributed by atoms with Crippen LogP contribution >= 0.6 is 15.9 Å². The van der Waals surface area contributed by atoms with E-state index in [2.05, 4.69) is 57.0 Å². The average molecular weight is 1050 g/mol. The van der Waals surface area contributed by atoms with Crippen LogP contribution in [0.25, 0.3) is 22.3 Å². The summed E-state index contributed by atoms with van der Waals surface area (Å²) in [5.41, 5.74) is 27.4. The number of pyridine rings is 3. The predicted octanol–water partition coefficient (Wildman–Crippen LogP) is 5.24. The van der Waals surface area contributed by atoms with Gasteiger partial charge in [0.25, 0.3) is 5.91 Å². The molecule has 5 amide bonds. The van der Waals surface area contributed by atoms with E-state index in [9.17, 15) is 24.0 Å². The van der Waals surface area contributed by atoms with Crippen LogP contribution < -0.4 is 38.9 Å². The number of anilines is 5. The average Bonchev–Trinajstić information content (AvgIpc) is 4.21. The van der Waals surface area contributed by atoms with Gasteiger partial charge in [-0.15, -0.1) is 0 Å². The third-order valence-corrected chi connectivity index (χ3v) is 11.3. The van der Waals surface area contributed by atoms with Gasteiger partial charge < -0.3 is 58.9 Å². The Kier molecular flexibility index (Phi) is 17.9. The summed E-state index contributed by atoms with van der Waals surface area (Å²) in [5, 5.41) is 34.3. The Morgan fingerprint density at radius 2 is 1.04 bits per heavy atom. The Morgan fingerprint density at radius 3 is 1.49 bits per heavy atom. The van der Waals surface area contributed by atoms with Crippen LogP contribution in [0.4, 0.5) is 38.4 Å². The summed E-state index contributed by atoms with van der Waals surface area (Å²) < 4.78 is 3.91. The summed E-state index contributed by atoms with van der Waals surface area (Å²) in [6, 6.07) is 23.1. The SMILES string of the molecule is Cn1cc(-c2cnc(N)c(C(=O)N[C@@H]3CCN(C(=O)Nc4ccccc4)C3)c2)cn1.Cn1cc(-c2cnc(N)c(C(=O)O)c2)cn1.N[C@@H]1CCN(C(=O)Nc2ccccc2)C1.Nc1ncc(Br)cc1C(=O)O. The molecule has 2 fully saturated rings. The first-order chi connectivity index (χ1) is 34.4. The number of carboxylic acids is 2. The number of nitrogen functional groups attached to an aromatic ring is 3. The first-order valence-corrected chi connectivity index (χ1v) is 22.9. The van der Waals surface area contributed by atoms with Crippen LogP contribution in [0.1, 0.15) is 43.9 Å². The highest BCUT2D eigenvalue weighted by Crippen LogP contribution is 2.24. The monoisotopic (exact) mass is 1040 g/mol. The number of halogens is 1. The second-order valence-corrected chi connectivity index (χ2v) is 17.2. The van der Waals surface area contributed by atoms with Gasteiger partial charge in [-0.25, -0.2) is 34.1 Å². The summed E-state index contributed by atoms with van der Waals surface area (Å²) in [6.07, 6.45) is 13.1. The fraction of sp³-hybridized carbons (Fsp3) is 0.208. The zero-order valence-corrected chi connectivity index (χ0v) is 40.7. The number of benzene rings is 2. The molecular formula is C48H53BrN16O7. The number of nitrogens with two attached hydrogens (primary N) is 4. The molecule has 24 heteroatoms. The summed E-state index contributed by atoms with van der Waals surface area (Å²) in [4.78, 5) is 73.4. The van der Waals surface area contributed by atoms with Crippen molar-refractivity contribution in [1.82, 2.24) is 49.6 Å². The van der Waals surface area contributed by atoms with E-state index in [0.29, 0.717) is 41.7 Å². The second-order valence-electron chi connectivity index (χ2n) is 16.3. The van der Waals surface area contributed by atoms with Crippen molar-refractivity contribution in [2.45, 2.75) is 24.9 Å². The molecule has 0 radical (unpaired) electrons. The largest absolute Gasteiger partial charge is 0.478 e. The lowest BCUT2D eigenvalue weighted by molar-refractivity contribution is 0.0686. The van der Waals surface area contributed by atoms with Crippen molar-refractivity contribution in [2.75, 3.05) is 54.0 Å².